The minimum Gasteiger partial charge on any atom is -0.479 e. The maximum absolute atomic E-state index is 4.98. The lowest BCUT2D eigenvalue weighted by atomic mass is 10.3. The van der Waals surface area contributed by atoms with Crippen LogP contribution in [0.15, 0.2) is 16.9 Å². The van der Waals surface area contributed by atoms with Crippen molar-refractivity contribution in [1.82, 2.24) is 10.2 Å². The Morgan fingerprint density at radius 3 is 2.92 bits per heavy atom. The van der Waals surface area contributed by atoms with Gasteiger partial charge in [0.05, 0.1) is 0 Å². The van der Waals surface area contributed by atoms with E-state index >= 15 is 0 Å². The smallest absolute Gasteiger partial charge is 0.176 e. The van der Waals surface area contributed by atoms with Crippen molar-refractivity contribution < 1.29 is 4.74 Å². The topological polar surface area (TPSA) is 36.9 Å². The van der Waals surface area contributed by atoms with Crippen LogP contribution in [0.5, 0.6) is 0 Å². The third-order valence-electron chi connectivity index (χ3n) is 2.06. The van der Waals surface area contributed by atoms with Gasteiger partial charge in [0.15, 0.2) is 6.40 Å². The lowest BCUT2D eigenvalue weighted by molar-refractivity contribution is 0.279. The van der Waals surface area contributed by atoms with E-state index in [0.717, 1.165) is 32.0 Å². The molecule has 1 fully saturated rings. The lowest BCUT2D eigenvalue weighted by Gasteiger charge is -2.29. The van der Waals surface area contributed by atoms with Gasteiger partial charge in [0, 0.05) is 26.2 Å². The van der Waals surface area contributed by atoms with Crippen molar-refractivity contribution in [1.29, 1.82) is 0 Å². The third kappa shape index (κ3) is 1.58. The predicted octanol–water partition coefficient (Wildman–Crippen LogP) is -0.209. The normalized spacial score (nSPS) is 23.3. The number of piperazine rings is 1. The van der Waals surface area contributed by atoms with Crippen molar-refractivity contribution in [2.45, 2.75) is 0 Å². The summed E-state index contributed by atoms with van der Waals surface area (Å²) < 4.78 is 4.98. The second-order valence-electron chi connectivity index (χ2n) is 2.87. The highest BCUT2D eigenvalue weighted by Gasteiger charge is 2.12. The minimum atomic E-state index is 0.656. The Morgan fingerprint density at radius 1 is 1.42 bits per heavy atom. The number of hydrogen-bond donors (Lipinski definition) is 1. The SMILES string of the molecule is C1=NC(N2CCNCC2)=CCO1. The molecule has 4 nitrogen and oxygen atoms in total. The molecular weight excluding hydrogens is 154 g/mol. The van der Waals surface area contributed by atoms with Crippen molar-refractivity contribution in [2.75, 3.05) is 32.8 Å². The molecule has 0 unspecified atom stereocenters. The molecule has 0 radical (unpaired) electrons. The van der Waals surface area contributed by atoms with Gasteiger partial charge in [-0.05, 0) is 6.08 Å². The quantitative estimate of drug-likeness (QED) is 0.587. The average Bonchev–Trinajstić information content (AvgIpc) is 2.21. The van der Waals surface area contributed by atoms with Gasteiger partial charge in [-0.3, -0.25) is 0 Å². The van der Waals surface area contributed by atoms with Crippen molar-refractivity contribution in [2.24, 2.45) is 4.99 Å². The fourth-order valence-corrected chi connectivity index (χ4v) is 1.41. The maximum Gasteiger partial charge on any atom is 0.176 e. The van der Waals surface area contributed by atoms with Crippen molar-refractivity contribution in [3.05, 3.63) is 11.9 Å². The second kappa shape index (κ2) is 3.58. The zero-order valence-electron chi connectivity index (χ0n) is 6.99. The van der Waals surface area contributed by atoms with Crippen LogP contribution in [-0.2, 0) is 4.74 Å². The number of nitrogens with zero attached hydrogens (tertiary/aromatic N) is 2. The summed E-state index contributed by atoms with van der Waals surface area (Å²) >= 11 is 0. The Labute approximate surface area is 71.9 Å². The Kier molecular flexibility index (Phi) is 2.27. The van der Waals surface area contributed by atoms with Crippen molar-refractivity contribution in [3.8, 4) is 0 Å². The van der Waals surface area contributed by atoms with Crippen LogP contribution in [0.1, 0.15) is 0 Å². The van der Waals surface area contributed by atoms with Crippen LogP contribution in [0.3, 0.4) is 0 Å². The van der Waals surface area contributed by atoms with Crippen LogP contribution in [0, 0.1) is 0 Å². The zero-order valence-corrected chi connectivity index (χ0v) is 6.99. The van der Waals surface area contributed by atoms with Gasteiger partial charge in [-0.1, -0.05) is 0 Å². The Morgan fingerprint density at radius 2 is 2.25 bits per heavy atom. The molecule has 2 aliphatic heterocycles. The van der Waals surface area contributed by atoms with Gasteiger partial charge in [0.25, 0.3) is 0 Å². The van der Waals surface area contributed by atoms with E-state index in [1.807, 2.05) is 6.08 Å². The summed E-state index contributed by atoms with van der Waals surface area (Å²) in [6.07, 6.45) is 3.54. The Balaban J connectivity index is 1.97. The molecule has 2 aliphatic rings. The number of hydrogen-bond acceptors (Lipinski definition) is 4. The second-order valence-corrected chi connectivity index (χ2v) is 2.87. The molecule has 0 atom stereocenters. The first-order valence-corrected chi connectivity index (χ1v) is 4.27. The monoisotopic (exact) mass is 167 g/mol. The third-order valence-corrected chi connectivity index (χ3v) is 2.06. The minimum absolute atomic E-state index is 0.656. The standard InChI is InChI=1S/C8H13N3O/c1-6-12-7-10-8(1)11-4-2-9-3-5-11/h1,7,9H,2-6H2. The molecule has 66 valence electrons. The molecule has 1 saturated heterocycles. The maximum atomic E-state index is 4.98. The average molecular weight is 167 g/mol. The van der Waals surface area contributed by atoms with E-state index in [-0.39, 0.29) is 0 Å². The molecule has 0 spiro atoms. The number of ether oxygens (including phenoxy) is 1. The fourth-order valence-electron chi connectivity index (χ4n) is 1.41. The van der Waals surface area contributed by atoms with E-state index < -0.39 is 0 Å². The van der Waals surface area contributed by atoms with Gasteiger partial charge in [-0.2, -0.15) is 0 Å². The van der Waals surface area contributed by atoms with E-state index in [1.54, 1.807) is 0 Å². The van der Waals surface area contributed by atoms with Gasteiger partial charge in [0.1, 0.15) is 12.4 Å². The molecule has 2 heterocycles. The lowest BCUT2D eigenvalue weighted by Crippen LogP contribution is -2.42. The van der Waals surface area contributed by atoms with E-state index in [2.05, 4.69) is 15.2 Å². The Hall–Kier alpha value is -1.03. The van der Waals surface area contributed by atoms with Gasteiger partial charge in [0.2, 0.25) is 0 Å². The van der Waals surface area contributed by atoms with Gasteiger partial charge < -0.3 is 15.0 Å². The predicted molar refractivity (Wildman–Crippen MR) is 47.0 cm³/mol. The number of nitrogens with one attached hydrogen (secondary N) is 1. The van der Waals surface area contributed by atoms with E-state index in [9.17, 15) is 0 Å². The summed E-state index contributed by atoms with van der Waals surface area (Å²) in [5, 5.41) is 3.30. The molecule has 0 aromatic heterocycles. The highest BCUT2D eigenvalue weighted by atomic mass is 16.5. The van der Waals surface area contributed by atoms with Crippen LogP contribution < -0.4 is 5.32 Å². The molecule has 0 bridgehead atoms. The first-order chi connectivity index (χ1) is 5.97. The molecule has 0 saturated carbocycles. The summed E-state index contributed by atoms with van der Waals surface area (Å²) in [4.78, 5) is 6.44. The van der Waals surface area contributed by atoms with Crippen molar-refractivity contribution >= 4 is 6.40 Å². The van der Waals surface area contributed by atoms with Crippen LogP contribution in [0.4, 0.5) is 0 Å². The number of rotatable bonds is 1. The van der Waals surface area contributed by atoms with Crippen LogP contribution in [0.2, 0.25) is 0 Å². The molecule has 0 amide bonds. The molecular formula is C8H13N3O. The van der Waals surface area contributed by atoms with Gasteiger partial charge >= 0.3 is 0 Å². The molecule has 0 aliphatic carbocycles. The summed E-state index contributed by atoms with van der Waals surface area (Å²) in [6, 6.07) is 0. The van der Waals surface area contributed by atoms with E-state index in [1.165, 1.54) is 6.40 Å². The molecule has 0 aromatic rings. The van der Waals surface area contributed by atoms with E-state index in [4.69, 9.17) is 4.74 Å². The van der Waals surface area contributed by atoms with Crippen LogP contribution in [-0.4, -0.2) is 44.1 Å². The molecule has 2 rings (SSSR count). The highest BCUT2D eigenvalue weighted by Crippen LogP contribution is 2.08. The highest BCUT2D eigenvalue weighted by molar-refractivity contribution is 5.50. The molecule has 12 heavy (non-hydrogen) atoms. The van der Waals surface area contributed by atoms with E-state index in [0.29, 0.717) is 6.61 Å². The molecule has 1 N–H and O–H groups in total. The van der Waals surface area contributed by atoms with Gasteiger partial charge in [-0.25, -0.2) is 4.99 Å². The number of aliphatic imine (C=N–C) groups is 1. The fraction of sp³-hybridized carbons (Fsp3) is 0.625. The molecule has 0 aromatic carbocycles. The van der Waals surface area contributed by atoms with Gasteiger partial charge in [-0.15, -0.1) is 0 Å². The summed E-state index contributed by atoms with van der Waals surface area (Å²) in [6.45, 7) is 4.84. The summed E-state index contributed by atoms with van der Waals surface area (Å²) in [5.41, 5.74) is 0. The molecule has 4 heteroatoms. The van der Waals surface area contributed by atoms with Crippen LogP contribution >= 0.6 is 0 Å². The summed E-state index contributed by atoms with van der Waals surface area (Å²) in [5.74, 6) is 1.06. The summed E-state index contributed by atoms with van der Waals surface area (Å²) in [7, 11) is 0. The largest absolute Gasteiger partial charge is 0.479 e. The van der Waals surface area contributed by atoms with Crippen molar-refractivity contribution in [3.63, 3.8) is 0 Å². The first kappa shape index (κ1) is 7.61. The van der Waals surface area contributed by atoms with Crippen LogP contribution in [0.25, 0.3) is 0 Å². The first-order valence-electron chi connectivity index (χ1n) is 4.27. The zero-order chi connectivity index (χ0) is 8.23. The Bertz CT molecular complexity index is 206.